The summed E-state index contributed by atoms with van der Waals surface area (Å²) in [4.78, 5) is 15.6. The lowest BCUT2D eigenvalue weighted by molar-refractivity contribution is -0.137. The number of carbonyl (C=O) groups excluding carboxylic acids is 1. The predicted molar refractivity (Wildman–Crippen MR) is 118 cm³/mol. The molecule has 0 N–H and O–H groups in total. The number of hydrogen-bond donors (Lipinski definition) is 0. The van der Waals surface area contributed by atoms with E-state index in [0.717, 1.165) is 30.5 Å². The van der Waals surface area contributed by atoms with Crippen LogP contribution in [0, 0.1) is 19.8 Å². The SMILES string of the molecule is Cc1ccc(S(=O)(=O)N2CCC(C(=O)N3CCCC3c3ccccc3)CC2)cc1C. The summed E-state index contributed by atoms with van der Waals surface area (Å²) in [6.07, 6.45) is 3.18. The molecule has 0 aliphatic carbocycles. The van der Waals surface area contributed by atoms with Gasteiger partial charge in [-0.15, -0.1) is 0 Å². The molecule has 1 atom stereocenters. The normalized spacial score (nSPS) is 21.1. The molecule has 1 unspecified atom stereocenters. The number of piperidine rings is 1. The Morgan fingerprint density at radius 3 is 2.27 bits per heavy atom. The zero-order valence-electron chi connectivity index (χ0n) is 17.8. The Kier molecular flexibility index (Phi) is 5.98. The Morgan fingerprint density at radius 2 is 1.60 bits per heavy atom. The van der Waals surface area contributed by atoms with Gasteiger partial charge in [0.05, 0.1) is 10.9 Å². The molecule has 6 heteroatoms. The lowest BCUT2D eigenvalue weighted by Gasteiger charge is -2.34. The Bertz CT molecular complexity index is 1010. The number of rotatable bonds is 4. The number of aryl methyl sites for hydroxylation is 2. The van der Waals surface area contributed by atoms with Crippen molar-refractivity contribution in [3.8, 4) is 0 Å². The van der Waals surface area contributed by atoms with Gasteiger partial charge in [-0.05, 0) is 68.4 Å². The Hall–Kier alpha value is -2.18. The van der Waals surface area contributed by atoms with Crippen LogP contribution in [-0.2, 0) is 14.8 Å². The van der Waals surface area contributed by atoms with Crippen molar-refractivity contribution < 1.29 is 13.2 Å². The largest absolute Gasteiger partial charge is 0.335 e. The monoisotopic (exact) mass is 426 g/mol. The first-order valence-corrected chi connectivity index (χ1v) is 12.2. The number of amides is 1. The molecule has 2 aliphatic heterocycles. The van der Waals surface area contributed by atoms with Crippen LogP contribution in [0.25, 0.3) is 0 Å². The summed E-state index contributed by atoms with van der Waals surface area (Å²) >= 11 is 0. The van der Waals surface area contributed by atoms with Crippen molar-refractivity contribution in [2.45, 2.75) is 50.5 Å². The minimum Gasteiger partial charge on any atom is -0.335 e. The number of nitrogens with zero attached hydrogens (tertiary/aromatic N) is 2. The second-order valence-electron chi connectivity index (χ2n) is 8.52. The third-order valence-corrected chi connectivity index (χ3v) is 8.53. The summed E-state index contributed by atoms with van der Waals surface area (Å²) in [5, 5.41) is 0. The maximum Gasteiger partial charge on any atom is 0.243 e. The molecule has 30 heavy (non-hydrogen) atoms. The smallest absolute Gasteiger partial charge is 0.243 e. The number of likely N-dealkylation sites (tertiary alicyclic amines) is 1. The molecular formula is C24H30N2O3S. The zero-order valence-corrected chi connectivity index (χ0v) is 18.6. The fourth-order valence-corrected chi connectivity index (χ4v) is 6.21. The Balaban J connectivity index is 1.42. The van der Waals surface area contributed by atoms with E-state index in [-0.39, 0.29) is 17.9 Å². The van der Waals surface area contributed by atoms with Crippen LogP contribution in [0.15, 0.2) is 53.4 Å². The van der Waals surface area contributed by atoms with Crippen LogP contribution < -0.4 is 0 Å². The van der Waals surface area contributed by atoms with Crippen LogP contribution in [0.3, 0.4) is 0 Å². The molecule has 5 nitrogen and oxygen atoms in total. The first-order valence-electron chi connectivity index (χ1n) is 10.8. The van der Waals surface area contributed by atoms with Gasteiger partial charge in [-0.1, -0.05) is 36.4 Å². The molecule has 2 fully saturated rings. The van der Waals surface area contributed by atoms with Crippen molar-refractivity contribution >= 4 is 15.9 Å². The van der Waals surface area contributed by atoms with Gasteiger partial charge >= 0.3 is 0 Å². The van der Waals surface area contributed by atoms with Crippen LogP contribution in [-0.4, -0.2) is 43.2 Å². The first kappa shape index (κ1) is 21.1. The third kappa shape index (κ3) is 4.03. The lowest BCUT2D eigenvalue weighted by Crippen LogP contribution is -2.44. The van der Waals surface area contributed by atoms with Crippen LogP contribution in [0.5, 0.6) is 0 Å². The van der Waals surface area contributed by atoms with Crippen molar-refractivity contribution in [3.05, 3.63) is 65.2 Å². The van der Waals surface area contributed by atoms with Gasteiger partial charge < -0.3 is 4.90 Å². The maximum atomic E-state index is 13.3. The van der Waals surface area contributed by atoms with Gasteiger partial charge in [-0.25, -0.2) is 8.42 Å². The van der Waals surface area contributed by atoms with E-state index < -0.39 is 10.0 Å². The summed E-state index contributed by atoms with van der Waals surface area (Å²) < 4.78 is 27.6. The fourth-order valence-electron chi connectivity index (χ4n) is 4.65. The van der Waals surface area contributed by atoms with Gasteiger partial charge in [0.15, 0.2) is 0 Å². The molecule has 4 rings (SSSR count). The Morgan fingerprint density at radius 1 is 0.900 bits per heavy atom. The molecule has 160 valence electrons. The number of carbonyl (C=O) groups is 1. The second kappa shape index (κ2) is 8.52. The fraction of sp³-hybridized carbons (Fsp3) is 0.458. The van der Waals surface area contributed by atoms with Crippen LogP contribution in [0.2, 0.25) is 0 Å². The highest BCUT2D eigenvalue weighted by molar-refractivity contribution is 7.89. The van der Waals surface area contributed by atoms with E-state index in [9.17, 15) is 13.2 Å². The average molecular weight is 427 g/mol. The van der Waals surface area contributed by atoms with Crippen LogP contribution >= 0.6 is 0 Å². The van der Waals surface area contributed by atoms with E-state index in [1.807, 2.05) is 43.0 Å². The molecule has 1 amide bonds. The van der Waals surface area contributed by atoms with Gasteiger partial charge in [0, 0.05) is 25.6 Å². The molecular weight excluding hydrogens is 396 g/mol. The van der Waals surface area contributed by atoms with Gasteiger partial charge in [0.1, 0.15) is 0 Å². The number of hydrogen-bond acceptors (Lipinski definition) is 3. The molecule has 0 bridgehead atoms. The molecule has 0 saturated carbocycles. The summed E-state index contributed by atoms with van der Waals surface area (Å²) in [6.45, 7) is 5.49. The highest BCUT2D eigenvalue weighted by Crippen LogP contribution is 2.35. The minimum absolute atomic E-state index is 0.0967. The van der Waals surface area contributed by atoms with E-state index in [1.165, 1.54) is 5.56 Å². The molecule has 2 saturated heterocycles. The van der Waals surface area contributed by atoms with E-state index in [0.29, 0.717) is 30.8 Å². The summed E-state index contributed by atoms with van der Waals surface area (Å²) in [6, 6.07) is 15.7. The van der Waals surface area contributed by atoms with Crippen LogP contribution in [0.4, 0.5) is 0 Å². The standard InChI is InChI=1S/C24H30N2O3S/c1-18-10-11-22(17-19(18)2)30(28,29)25-15-12-21(13-16-25)24(27)26-14-6-9-23(26)20-7-4-3-5-8-20/h3-5,7-8,10-11,17,21,23H,6,9,12-16H2,1-2H3. The molecule has 2 aromatic rings. The first-order chi connectivity index (χ1) is 14.4. The van der Waals surface area contributed by atoms with Crippen molar-refractivity contribution in [2.24, 2.45) is 5.92 Å². The molecule has 2 heterocycles. The average Bonchev–Trinajstić information content (AvgIpc) is 3.25. The van der Waals surface area contributed by atoms with Gasteiger partial charge in [0.25, 0.3) is 0 Å². The molecule has 2 aliphatic rings. The van der Waals surface area contributed by atoms with Crippen molar-refractivity contribution in [3.63, 3.8) is 0 Å². The quantitative estimate of drug-likeness (QED) is 0.741. The predicted octanol–water partition coefficient (Wildman–Crippen LogP) is 4.07. The van der Waals surface area contributed by atoms with Gasteiger partial charge in [-0.2, -0.15) is 4.31 Å². The maximum absolute atomic E-state index is 13.3. The van der Waals surface area contributed by atoms with Crippen LogP contribution in [0.1, 0.15) is 48.4 Å². The highest BCUT2D eigenvalue weighted by Gasteiger charge is 2.37. The lowest BCUT2D eigenvalue weighted by atomic mass is 9.95. The van der Waals surface area contributed by atoms with E-state index in [4.69, 9.17) is 0 Å². The molecule has 2 aromatic carbocycles. The van der Waals surface area contributed by atoms with E-state index in [2.05, 4.69) is 12.1 Å². The summed E-state index contributed by atoms with van der Waals surface area (Å²) in [5.74, 6) is 0.0881. The van der Waals surface area contributed by atoms with Crippen molar-refractivity contribution in [2.75, 3.05) is 19.6 Å². The van der Waals surface area contributed by atoms with E-state index >= 15 is 0 Å². The summed E-state index contributed by atoms with van der Waals surface area (Å²) in [7, 11) is -3.51. The molecule has 0 spiro atoms. The topological polar surface area (TPSA) is 57.7 Å². The third-order valence-electron chi connectivity index (χ3n) is 6.64. The van der Waals surface area contributed by atoms with Gasteiger partial charge in [0.2, 0.25) is 15.9 Å². The number of benzene rings is 2. The van der Waals surface area contributed by atoms with Crippen molar-refractivity contribution in [1.82, 2.24) is 9.21 Å². The molecule has 0 radical (unpaired) electrons. The second-order valence-corrected chi connectivity index (χ2v) is 10.5. The van der Waals surface area contributed by atoms with Crippen molar-refractivity contribution in [1.29, 1.82) is 0 Å². The van der Waals surface area contributed by atoms with E-state index in [1.54, 1.807) is 16.4 Å². The zero-order chi connectivity index (χ0) is 21.3. The summed E-state index contributed by atoms with van der Waals surface area (Å²) in [5.41, 5.74) is 3.25. The number of sulfonamides is 1. The molecule has 0 aromatic heterocycles. The van der Waals surface area contributed by atoms with Gasteiger partial charge in [-0.3, -0.25) is 4.79 Å². The minimum atomic E-state index is -3.51. The highest BCUT2D eigenvalue weighted by atomic mass is 32.2. The Labute approximate surface area is 179 Å².